The van der Waals surface area contributed by atoms with Crippen LogP contribution in [0.3, 0.4) is 0 Å². The van der Waals surface area contributed by atoms with Crippen LogP contribution in [0.5, 0.6) is 0 Å². The Morgan fingerprint density at radius 2 is 2.29 bits per heavy atom. The van der Waals surface area contributed by atoms with Gasteiger partial charge in [-0.05, 0) is 19.1 Å². The molecule has 1 heterocycles. The molecule has 78 valence electrons. The van der Waals surface area contributed by atoms with Crippen LogP contribution in [0.4, 0.5) is 0 Å². The number of amides is 1. The van der Waals surface area contributed by atoms with Crippen LogP contribution in [0.25, 0.3) is 0 Å². The van der Waals surface area contributed by atoms with Gasteiger partial charge in [-0.1, -0.05) is 0 Å². The molecule has 1 amide bonds. The first-order valence-electron chi connectivity index (χ1n) is 4.34. The van der Waals surface area contributed by atoms with Crippen molar-refractivity contribution in [2.24, 2.45) is 11.6 Å². The van der Waals surface area contributed by atoms with Gasteiger partial charge in [0, 0.05) is 13.5 Å². The fourth-order valence-corrected chi connectivity index (χ4v) is 1.16. The molecule has 0 saturated carbocycles. The quantitative estimate of drug-likeness (QED) is 0.399. The Hall–Kier alpha value is -1.33. The van der Waals surface area contributed by atoms with Crippen molar-refractivity contribution >= 4 is 5.91 Å². The van der Waals surface area contributed by atoms with Gasteiger partial charge in [0.2, 0.25) is 0 Å². The molecule has 5 heteroatoms. The number of rotatable bonds is 3. The van der Waals surface area contributed by atoms with E-state index in [1.165, 1.54) is 7.05 Å². The molecule has 14 heavy (non-hydrogen) atoms. The van der Waals surface area contributed by atoms with Crippen molar-refractivity contribution in [2.45, 2.75) is 19.4 Å². The Morgan fingerprint density at radius 3 is 2.71 bits per heavy atom. The average molecular weight is 197 g/mol. The molecular formula is C9H15N3O2. The van der Waals surface area contributed by atoms with Gasteiger partial charge in [0.25, 0.3) is 5.91 Å². The van der Waals surface area contributed by atoms with Gasteiger partial charge < -0.3 is 10.2 Å². The topological polar surface area (TPSA) is 85.5 Å². The first-order valence-corrected chi connectivity index (χ1v) is 4.34. The average Bonchev–Trinajstić information content (AvgIpc) is 2.49. The van der Waals surface area contributed by atoms with Gasteiger partial charge >= 0.3 is 0 Å². The number of aryl methyl sites for hydroxylation is 1. The summed E-state index contributed by atoms with van der Waals surface area (Å²) in [6.07, 6.45) is 0.369. The number of nitrogens with zero attached hydrogens (tertiary/aromatic N) is 1. The standard InChI is InChI=1S/C9H15N3O2/c1-6-3-4-7(14-6)5-8(10)9(13)12(2)11/h3-4,8H,5,10-11H2,1-2H3. The molecule has 5 nitrogen and oxygen atoms in total. The van der Waals surface area contributed by atoms with Crippen molar-refractivity contribution in [3.05, 3.63) is 23.7 Å². The molecule has 0 aliphatic carbocycles. The van der Waals surface area contributed by atoms with Gasteiger partial charge in [-0.2, -0.15) is 0 Å². The number of nitrogens with two attached hydrogens (primary N) is 2. The maximum Gasteiger partial charge on any atom is 0.253 e. The fraction of sp³-hybridized carbons (Fsp3) is 0.444. The number of hydrogen-bond donors (Lipinski definition) is 2. The van der Waals surface area contributed by atoms with Gasteiger partial charge in [-0.25, -0.2) is 5.84 Å². The van der Waals surface area contributed by atoms with Crippen molar-refractivity contribution in [1.29, 1.82) is 0 Å². The maximum atomic E-state index is 11.3. The lowest BCUT2D eigenvalue weighted by Gasteiger charge is -2.14. The number of carbonyl (C=O) groups is 1. The van der Waals surface area contributed by atoms with Crippen LogP contribution in [0.2, 0.25) is 0 Å². The van der Waals surface area contributed by atoms with Crippen LogP contribution in [0.15, 0.2) is 16.5 Å². The van der Waals surface area contributed by atoms with Crippen molar-refractivity contribution in [3.8, 4) is 0 Å². The molecule has 0 saturated heterocycles. The van der Waals surface area contributed by atoms with E-state index in [2.05, 4.69) is 0 Å². The van der Waals surface area contributed by atoms with Crippen LogP contribution >= 0.6 is 0 Å². The molecule has 0 aromatic carbocycles. The van der Waals surface area contributed by atoms with E-state index in [0.29, 0.717) is 12.2 Å². The van der Waals surface area contributed by atoms with Crippen molar-refractivity contribution in [1.82, 2.24) is 5.01 Å². The lowest BCUT2D eigenvalue weighted by molar-refractivity contribution is -0.131. The summed E-state index contributed by atoms with van der Waals surface area (Å²) in [7, 11) is 1.47. The number of likely N-dealkylation sites (N-methyl/N-ethyl adjacent to an activating group) is 1. The molecule has 4 N–H and O–H groups in total. The van der Waals surface area contributed by atoms with Crippen molar-refractivity contribution in [2.75, 3.05) is 7.05 Å². The highest BCUT2D eigenvalue weighted by atomic mass is 16.3. The van der Waals surface area contributed by atoms with Crippen LogP contribution in [-0.2, 0) is 11.2 Å². The Morgan fingerprint density at radius 1 is 1.64 bits per heavy atom. The molecular weight excluding hydrogens is 182 g/mol. The third kappa shape index (κ3) is 2.58. The van der Waals surface area contributed by atoms with Crippen molar-refractivity contribution in [3.63, 3.8) is 0 Å². The van der Waals surface area contributed by atoms with Crippen molar-refractivity contribution < 1.29 is 9.21 Å². The number of furan rings is 1. The van der Waals surface area contributed by atoms with Crippen LogP contribution < -0.4 is 11.6 Å². The molecule has 0 fully saturated rings. The molecule has 1 atom stereocenters. The van der Waals surface area contributed by atoms with Crippen LogP contribution in [0, 0.1) is 6.92 Å². The molecule has 0 spiro atoms. The molecule has 0 radical (unpaired) electrons. The molecule has 0 aliphatic rings. The number of hydrogen-bond acceptors (Lipinski definition) is 4. The van der Waals surface area contributed by atoms with Gasteiger partial charge in [0.15, 0.2) is 0 Å². The second-order valence-corrected chi connectivity index (χ2v) is 3.27. The van der Waals surface area contributed by atoms with E-state index in [-0.39, 0.29) is 5.91 Å². The third-order valence-corrected chi connectivity index (χ3v) is 1.88. The predicted octanol–water partition coefficient (Wildman–Crippen LogP) is -0.210. The SMILES string of the molecule is Cc1ccc(CC(N)C(=O)N(C)N)o1. The number of hydrazine groups is 1. The zero-order chi connectivity index (χ0) is 10.7. The fourth-order valence-electron chi connectivity index (χ4n) is 1.16. The minimum Gasteiger partial charge on any atom is -0.466 e. The Labute approximate surface area is 82.6 Å². The smallest absolute Gasteiger partial charge is 0.253 e. The minimum absolute atomic E-state index is 0.306. The summed E-state index contributed by atoms with van der Waals surface area (Å²) in [4.78, 5) is 11.3. The van der Waals surface area contributed by atoms with Crippen LogP contribution in [0.1, 0.15) is 11.5 Å². The van der Waals surface area contributed by atoms with E-state index in [1.54, 1.807) is 6.07 Å². The lowest BCUT2D eigenvalue weighted by Crippen LogP contribution is -2.46. The third-order valence-electron chi connectivity index (χ3n) is 1.88. The van der Waals surface area contributed by atoms with Gasteiger partial charge in [0.1, 0.15) is 11.5 Å². The van der Waals surface area contributed by atoms with E-state index in [9.17, 15) is 4.79 Å². The molecule has 1 unspecified atom stereocenters. The van der Waals surface area contributed by atoms with E-state index in [0.717, 1.165) is 10.8 Å². The Balaban J connectivity index is 2.57. The van der Waals surface area contributed by atoms with Gasteiger partial charge in [-0.3, -0.25) is 9.80 Å². The number of carbonyl (C=O) groups excluding carboxylic acids is 1. The normalized spacial score (nSPS) is 12.6. The Bertz CT molecular complexity index is 320. The first kappa shape index (κ1) is 10.7. The molecule has 0 bridgehead atoms. The highest BCUT2D eigenvalue weighted by molar-refractivity contribution is 5.81. The molecule has 1 aromatic heterocycles. The van der Waals surface area contributed by atoms with Gasteiger partial charge in [-0.15, -0.1) is 0 Å². The zero-order valence-electron chi connectivity index (χ0n) is 8.36. The van der Waals surface area contributed by atoms with Gasteiger partial charge in [0.05, 0.1) is 6.04 Å². The predicted molar refractivity (Wildman–Crippen MR) is 52.1 cm³/mol. The largest absolute Gasteiger partial charge is 0.466 e. The summed E-state index contributed by atoms with van der Waals surface area (Å²) >= 11 is 0. The molecule has 1 aromatic rings. The lowest BCUT2D eigenvalue weighted by atomic mass is 10.1. The second-order valence-electron chi connectivity index (χ2n) is 3.27. The van der Waals surface area contributed by atoms with Crippen LogP contribution in [-0.4, -0.2) is 24.0 Å². The maximum absolute atomic E-state index is 11.3. The monoisotopic (exact) mass is 197 g/mol. The zero-order valence-corrected chi connectivity index (χ0v) is 8.36. The minimum atomic E-state index is -0.643. The summed E-state index contributed by atoms with van der Waals surface area (Å²) in [6, 6.07) is 2.99. The van der Waals surface area contributed by atoms with E-state index >= 15 is 0 Å². The summed E-state index contributed by atoms with van der Waals surface area (Å²) in [5.74, 6) is 6.47. The summed E-state index contributed by atoms with van der Waals surface area (Å²) < 4.78 is 5.29. The summed E-state index contributed by atoms with van der Waals surface area (Å²) in [6.45, 7) is 1.84. The molecule has 1 rings (SSSR count). The van der Waals surface area contributed by atoms with E-state index in [4.69, 9.17) is 16.0 Å². The summed E-state index contributed by atoms with van der Waals surface area (Å²) in [5, 5.41) is 0.987. The molecule has 0 aliphatic heterocycles. The highest BCUT2D eigenvalue weighted by Gasteiger charge is 2.17. The van der Waals surface area contributed by atoms with E-state index < -0.39 is 6.04 Å². The highest BCUT2D eigenvalue weighted by Crippen LogP contribution is 2.08. The Kier molecular flexibility index (Phi) is 3.27. The second kappa shape index (κ2) is 4.26. The first-order chi connectivity index (χ1) is 6.50. The van der Waals surface area contributed by atoms with E-state index in [1.807, 2.05) is 13.0 Å². The summed E-state index contributed by atoms with van der Waals surface area (Å²) in [5.41, 5.74) is 5.63.